The number of ether oxygens (including phenoxy) is 3. The van der Waals surface area contributed by atoms with Crippen LogP contribution in [-0.4, -0.2) is 31.2 Å². The first-order valence-electron chi connectivity index (χ1n) is 7.96. The lowest BCUT2D eigenvalue weighted by Gasteiger charge is -2.24. The first-order chi connectivity index (χ1) is 12.0. The van der Waals surface area contributed by atoms with Gasteiger partial charge in [0.1, 0.15) is 6.61 Å². The predicted molar refractivity (Wildman–Crippen MR) is 91.9 cm³/mol. The summed E-state index contributed by atoms with van der Waals surface area (Å²) in [5, 5.41) is 2.74. The van der Waals surface area contributed by atoms with E-state index in [9.17, 15) is 9.59 Å². The van der Waals surface area contributed by atoms with E-state index in [1.54, 1.807) is 24.3 Å². The van der Waals surface area contributed by atoms with E-state index in [1.165, 1.54) is 0 Å². The molecule has 0 radical (unpaired) electrons. The van der Waals surface area contributed by atoms with Gasteiger partial charge in [0.2, 0.25) is 6.10 Å². The number of carbonyl (C=O) groups excluding carboxylic acids is 2. The van der Waals surface area contributed by atoms with Gasteiger partial charge in [-0.1, -0.05) is 24.3 Å². The minimum Gasteiger partial charge on any atom is -0.485 e. The molecular formula is C19H19NO5. The third kappa shape index (κ3) is 3.91. The molecule has 25 heavy (non-hydrogen) atoms. The van der Waals surface area contributed by atoms with Crippen molar-refractivity contribution in [2.45, 2.75) is 20.0 Å². The molecule has 0 unspecified atom stereocenters. The van der Waals surface area contributed by atoms with Crippen molar-refractivity contribution in [3.63, 3.8) is 0 Å². The summed E-state index contributed by atoms with van der Waals surface area (Å²) in [6.45, 7) is 3.55. The fourth-order valence-corrected chi connectivity index (χ4v) is 2.44. The van der Waals surface area contributed by atoms with Gasteiger partial charge in [-0.2, -0.15) is 0 Å². The topological polar surface area (TPSA) is 73.9 Å². The Morgan fingerprint density at radius 2 is 1.88 bits per heavy atom. The number of nitrogens with one attached hydrogen (secondary N) is 1. The first-order valence-corrected chi connectivity index (χ1v) is 7.96. The van der Waals surface area contributed by atoms with Crippen LogP contribution in [0.25, 0.3) is 0 Å². The summed E-state index contributed by atoms with van der Waals surface area (Å²) in [5.41, 5.74) is 2.75. The van der Waals surface area contributed by atoms with E-state index >= 15 is 0 Å². The van der Waals surface area contributed by atoms with E-state index in [0.717, 1.165) is 11.1 Å². The van der Waals surface area contributed by atoms with Crippen LogP contribution in [-0.2, 0) is 14.3 Å². The van der Waals surface area contributed by atoms with Crippen molar-refractivity contribution in [2.75, 3.05) is 18.5 Å². The van der Waals surface area contributed by atoms with Gasteiger partial charge in [0, 0.05) is 5.69 Å². The van der Waals surface area contributed by atoms with Crippen molar-refractivity contribution >= 4 is 17.6 Å². The van der Waals surface area contributed by atoms with Gasteiger partial charge in [0.05, 0.1) is 0 Å². The molecule has 2 aromatic rings. The van der Waals surface area contributed by atoms with Crippen LogP contribution in [0.3, 0.4) is 0 Å². The Hall–Kier alpha value is -3.02. The van der Waals surface area contributed by atoms with Gasteiger partial charge in [0.15, 0.2) is 18.1 Å². The first kappa shape index (κ1) is 16.8. The second kappa shape index (κ2) is 7.25. The quantitative estimate of drug-likeness (QED) is 0.866. The Labute approximate surface area is 145 Å². The summed E-state index contributed by atoms with van der Waals surface area (Å²) in [6, 6.07) is 12.7. The van der Waals surface area contributed by atoms with Crippen LogP contribution in [0.1, 0.15) is 11.1 Å². The summed E-state index contributed by atoms with van der Waals surface area (Å²) >= 11 is 0. The standard InChI is InChI=1S/C19H19NO5/c1-12-6-5-7-14(13(12)2)20-18(21)11-24-19(22)17-10-23-15-8-3-4-9-16(15)25-17/h3-9,17H,10-11H2,1-2H3,(H,20,21)/t17-/m0/s1. The maximum Gasteiger partial charge on any atom is 0.351 e. The van der Waals surface area contributed by atoms with E-state index < -0.39 is 18.0 Å². The number of carbonyl (C=O) groups is 2. The average molecular weight is 341 g/mol. The van der Waals surface area contributed by atoms with E-state index in [4.69, 9.17) is 14.2 Å². The van der Waals surface area contributed by atoms with Crippen LogP contribution in [0.15, 0.2) is 42.5 Å². The molecule has 0 aromatic heterocycles. The molecule has 130 valence electrons. The highest BCUT2D eigenvalue weighted by molar-refractivity contribution is 5.93. The van der Waals surface area contributed by atoms with Gasteiger partial charge in [0.25, 0.3) is 5.91 Å². The number of aryl methyl sites for hydroxylation is 1. The van der Waals surface area contributed by atoms with Crippen LogP contribution in [0, 0.1) is 13.8 Å². The molecule has 1 atom stereocenters. The van der Waals surface area contributed by atoms with Gasteiger partial charge in [-0.05, 0) is 43.2 Å². The fraction of sp³-hybridized carbons (Fsp3) is 0.263. The number of amides is 1. The lowest BCUT2D eigenvalue weighted by atomic mass is 10.1. The highest BCUT2D eigenvalue weighted by atomic mass is 16.6. The molecule has 1 N–H and O–H groups in total. The van der Waals surface area contributed by atoms with E-state index in [2.05, 4.69) is 5.32 Å². The van der Waals surface area contributed by atoms with E-state index in [-0.39, 0.29) is 13.2 Å². The third-order valence-corrected chi connectivity index (χ3v) is 4.00. The molecule has 1 aliphatic heterocycles. The predicted octanol–water partition coefficient (Wildman–Crippen LogP) is 2.63. The second-order valence-electron chi connectivity index (χ2n) is 5.77. The molecule has 1 aliphatic rings. The maximum atomic E-state index is 12.1. The molecule has 6 nitrogen and oxygen atoms in total. The van der Waals surface area contributed by atoms with Crippen molar-refractivity contribution < 1.29 is 23.8 Å². The highest BCUT2D eigenvalue weighted by Crippen LogP contribution is 2.31. The Bertz CT molecular complexity index is 802. The summed E-state index contributed by atoms with van der Waals surface area (Å²) < 4.78 is 16.1. The maximum absolute atomic E-state index is 12.1. The third-order valence-electron chi connectivity index (χ3n) is 4.00. The van der Waals surface area contributed by atoms with Crippen molar-refractivity contribution in [3.8, 4) is 11.5 Å². The molecular weight excluding hydrogens is 322 g/mol. The van der Waals surface area contributed by atoms with Crippen LogP contribution in [0.5, 0.6) is 11.5 Å². The molecule has 0 saturated carbocycles. The van der Waals surface area contributed by atoms with E-state index in [0.29, 0.717) is 17.2 Å². The molecule has 0 bridgehead atoms. The molecule has 6 heteroatoms. The summed E-state index contributed by atoms with van der Waals surface area (Å²) in [4.78, 5) is 24.1. The SMILES string of the molecule is Cc1cccc(NC(=O)COC(=O)[C@@H]2COc3ccccc3O2)c1C. The number of hydrogen-bond donors (Lipinski definition) is 1. The van der Waals surface area contributed by atoms with Crippen molar-refractivity contribution in [2.24, 2.45) is 0 Å². The van der Waals surface area contributed by atoms with Gasteiger partial charge in [-0.3, -0.25) is 4.79 Å². The number of rotatable bonds is 4. The minimum atomic E-state index is -0.886. The summed E-state index contributed by atoms with van der Waals surface area (Å²) in [5.74, 6) is 0.0274. The zero-order chi connectivity index (χ0) is 17.8. The van der Waals surface area contributed by atoms with Crippen molar-refractivity contribution in [1.29, 1.82) is 0 Å². The number of fused-ring (bicyclic) bond motifs is 1. The minimum absolute atomic E-state index is 0.0501. The Kier molecular flexibility index (Phi) is 4.88. The smallest absolute Gasteiger partial charge is 0.351 e. The number of hydrogen-bond acceptors (Lipinski definition) is 5. The van der Waals surface area contributed by atoms with Gasteiger partial charge < -0.3 is 19.5 Å². The van der Waals surface area contributed by atoms with Crippen LogP contribution < -0.4 is 14.8 Å². The molecule has 1 heterocycles. The molecule has 3 rings (SSSR count). The molecule has 0 spiro atoms. The lowest BCUT2D eigenvalue weighted by Crippen LogP contribution is -2.39. The molecule has 0 saturated heterocycles. The van der Waals surface area contributed by atoms with Gasteiger partial charge in [-0.25, -0.2) is 4.79 Å². The fourth-order valence-electron chi connectivity index (χ4n) is 2.44. The number of benzene rings is 2. The van der Waals surface area contributed by atoms with Crippen LogP contribution in [0.4, 0.5) is 5.69 Å². The number of esters is 1. The van der Waals surface area contributed by atoms with Gasteiger partial charge in [-0.15, -0.1) is 0 Å². The van der Waals surface area contributed by atoms with Crippen molar-refractivity contribution in [3.05, 3.63) is 53.6 Å². The molecule has 0 fully saturated rings. The van der Waals surface area contributed by atoms with Crippen LogP contribution >= 0.6 is 0 Å². The molecule has 2 aromatic carbocycles. The summed E-state index contributed by atoms with van der Waals surface area (Å²) in [7, 11) is 0. The number of para-hydroxylation sites is 2. The second-order valence-corrected chi connectivity index (χ2v) is 5.77. The lowest BCUT2D eigenvalue weighted by molar-refractivity contribution is -0.156. The zero-order valence-electron chi connectivity index (χ0n) is 14.1. The normalized spacial score (nSPS) is 15.4. The van der Waals surface area contributed by atoms with Crippen molar-refractivity contribution in [1.82, 2.24) is 0 Å². The Balaban J connectivity index is 1.52. The zero-order valence-corrected chi connectivity index (χ0v) is 14.1. The monoisotopic (exact) mass is 341 g/mol. The Morgan fingerprint density at radius 1 is 1.12 bits per heavy atom. The number of anilines is 1. The highest BCUT2D eigenvalue weighted by Gasteiger charge is 2.29. The van der Waals surface area contributed by atoms with E-state index in [1.807, 2.05) is 32.0 Å². The Morgan fingerprint density at radius 3 is 2.68 bits per heavy atom. The largest absolute Gasteiger partial charge is 0.485 e. The average Bonchev–Trinajstić information content (AvgIpc) is 2.63. The summed E-state index contributed by atoms with van der Waals surface area (Å²) in [6.07, 6.45) is -0.886. The van der Waals surface area contributed by atoms with Gasteiger partial charge >= 0.3 is 5.97 Å². The molecule has 1 amide bonds. The van der Waals surface area contributed by atoms with Crippen LogP contribution in [0.2, 0.25) is 0 Å². The molecule has 0 aliphatic carbocycles.